The van der Waals surface area contributed by atoms with E-state index in [9.17, 15) is 0 Å². The van der Waals surface area contributed by atoms with E-state index in [1.807, 2.05) is 6.20 Å². The Bertz CT molecular complexity index is 356. The van der Waals surface area contributed by atoms with Crippen LogP contribution in [-0.2, 0) is 17.8 Å². The fourth-order valence-corrected chi connectivity index (χ4v) is 2.47. The smallest absolute Gasteiger partial charge is 0.122 e. The van der Waals surface area contributed by atoms with E-state index in [2.05, 4.69) is 34.9 Å². The minimum atomic E-state index is 0.389. The van der Waals surface area contributed by atoms with Gasteiger partial charge in [-0.05, 0) is 24.7 Å². The second kappa shape index (κ2) is 6.34. The molecule has 1 saturated heterocycles. The number of aryl methyl sites for hydroxylation is 1. The van der Waals surface area contributed by atoms with Gasteiger partial charge in [-0.3, -0.25) is 0 Å². The summed E-state index contributed by atoms with van der Waals surface area (Å²) in [5.41, 5.74) is 0.389. The van der Waals surface area contributed by atoms with E-state index in [-0.39, 0.29) is 0 Å². The van der Waals surface area contributed by atoms with Gasteiger partial charge in [0.2, 0.25) is 0 Å². The lowest BCUT2D eigenvalue weighted by atomic mass is 9.82. The van der Waals surface area contributed by atoms with Crippen LogP contribution in [0.2, 0.25) is 0 Å². The Morgan fingerprint density at radius 2 is 2.22 bits per heavy atom. The highest BCUT2D eigenvalue weighted by atomic mass is 16.5. The van der Waals surface area contributed by atoms with E-state index in [0.717, 1.165) is 57.9 Å². The van der Waals surface area contributed by atoms with Crippen LogP contribution in [0.1, 0.15) is 38.9 Å². The SMILES string of the molecule is CCCn1ccnc1CNCC1(C)CCOCC1. The minimum absolute atomic E-state index is 0.389. The summed E-state index contributed by atoms with van der Waals surface area (Å²) in [6.45, 7) is 9.33. The third-order valence-electron chi connectivity index (χ3n) is 3.80. The molecule has 18 heavy (non-hydrogen) atoms. The van der Waals surface area contributed by atoms with Crippen LogP contribution in [0.5, 0.6) is 0 Å². The van der Waals surface area contributed by atoms with Crippen molar-refractivity contribution in [1.29, 1.82) is 0 Å². The second-order valence-electron chi connectivity index (χ2n) is 5.56. The first-order valence-electron chi connectivity index (χ1n) is 7.02. The first-order chi connectivity index (χ1) is 8.73. The van der Waals surface area contributed by atoms with Gasteiger partial charge in [-0.1, -0.05) is 13.8 Å². The van der Waals surface area contributed by atoms with Crippen LogP contribution in [0.25, 0.3) is 0 Å². The Hall–Kier alpha value is -0.870. The topological polar surface area (TPSA) is 39.1 Å². The molecule has 0 aliphatic carbocycles. The Morgan fingerprint density at radius 3 is 2.94 bits per heavy atom. The molecule has 1 N–H and O–H groups in total. The average molecular weight is 251 g/mol. The Morgan fingerprint density at radius 1 is 1.44 bits per heavy atom. The maximum Gasteiger partial charge on any atom is 0.122 e. The van der Waals surface area contributed by atoms with E-state index >= 15 is 0 Å². The van der Waals surface area contributed by atoms with E-state index in [1.165, 1.54) is 0 Å². The van der Waals surface area contributed by atoms with Crippen LogP contribution in [-0.4, -0.2) is 29.3 Å². The summed E-state index contributed by atoms with van der Waals surface area (Å²) in [5.74, 6) is 1.15. The third kappa shape index (κ3) is 3.56. The van der Waals surface area contributed by atoms with E-state index < -0.39 is 0 Å². The molecule has 0 radical (unpaired) electrons. The van der Waals surface area contributed by atoms with E-state index in [0.29, 0.717) is 5.41 Å². The predicted molar refractivity (Wildman–Crippen MR) is 72.4 cm³/mol. The van der Waals surface area contributed by atoms with Gasteiger partial charge in [0.15, 0.2) is 0 Å². The summed E-state index contributed by atoms with van der Waals surface area (Å²) < 4.78 is 7.66. The number of imidazole rings is 1. The number of hydrogen-bond donors (Lipinski definition) is 1. The molecule has 0 bridgehead atoms. The Kier molecular flexibility index (Phi) is 4.78. The monoisotopic (exact) mass is 251 g/mol. The van der Waals surface area contributed by atoms with Gasteiger partial charge in [0.1, 0.15) is 5.82 Å². The molecule has 1 aromatic heterocycles. The van der Waals surface area contributed by atoms with Crippen molar-refractivity contribution in [3.8, 4) is 0 Å². The van der Waals surface area contributed by atoms with Gasteiger partial charge in [0.05, 0.1) is 6.54 Å². The average Bonchev–Trinajstić information content (AvgIpc) is 2.78. The van der Waals surface area contributed by atoms with Gasteiger partial charge in [-0.2, -0.15) is 0 Å². The molecule has 0 atom stereocenters. The first kappa shape index (κ1) is 13.6. The normalized spacial score (nSPS) is 19.0. The second-order valence-corrected chi connectivity index (χ2v) is 5.56. The summed E-state index contributed by atoms with van der Waals surface area (Å²) in [6.07, 6.45) is 7.42. The molecule has 2 rings (SSSR count). The summed E-state index contributed by atoms with van der Waals surface area (Å²) >= 11 is 0. The van der Waals surface area contributed by atoms with Crippen molar-refractivity contribution >= 4 is 0 Å². The fourth-order valence-electron chi connectivity index (χ4n) is 2.47. The molecule has 0 unspecified atom stereocenters. The van der Waals surface area contributed by atoms with Gasteiger partial charge in [-0.15, -0.1) is 0 Å². The number of nitrogens with one attached hydrogen (secondary N) is 1. The van der Waals surface area contributed by atoms with Gasteiger partial charge < -0.3 is 14.6 Å². The lowest BCUT2D eigenvalue weighted by Crippen LogP contribution is -2.36. The number of aromatic nitrogens is 2. The van der Waals surface area contributed by atoms with Crippen LogP contribution >= 0.6 is 0 Å². The molecule has 0 saturated carbocycles. The number of hydrogen-bond acceptors (Lipinski definition) is 3. The number of nitrogens with zero attached hydrogens (tertiary/aromatic N) is 2. The molecule has 1 aliphatic rings. The molecule has 0 amide bonds. The molecule has 1 aliphatic heterocycles. The standard InChI is InChI=1S/C14H25N3O/c1-3-7-17-8-6-16-13(17)11-15-12-14(2)4-9-18-10-5-14/h6,8,15H,3-5,7,9-12H2,1-2H3. The largest absolute Gasteiger partial charge is 0.381 e. The van der Waals surface area contributed by atoms with E-state index in [1.54, 1.807) is 0 Å². The minimum Gasteiger partial charge on any atom is -0.381 e. The molecule has 0 aromatic carbocycles. The van der Waals surface area contributed by atoms with Crippen molar-refractivity contribution < 1.29 is 4.74 Å². The fraction of sp³-hybridized carbons (Fsp3) is 0.786. The van der Waals surface area contributed by atoms with Crippen molar-refractivity contribution in [1.82, 2.24) is 14.9 Å². The molecule has 4 nitrogen and oxygen atoms in total. The third-order valence-corrected chi connectivity index (χ3v) is 3.80. The molecule has 2 heterocycles. The quantitative estimate of drug-likeness (QED) is 0.842. The summed E-state index contributed by atoms with van der Waals surface area (Å²) in [7, 11) is 0. The Balaban J connectivity index is 1.78. The predicted octanol–water partition coefficient (Wildman–Crippen LogP) is 2.20. The van der Waals surface area contributed by atoms with Crippen LogP contribution in [0.4, 0.5) is 0 Å². The molecular weight excluding hydrogens is 226 g/mol. The van der Waals surface area contributed by atoms with Crippen LogP contribution < -0.4 is 5.32 Å². The van der Waals surface area contributed by atoms with E-state index in [4.69, 9.17) is 4.74 Å². The van der Waals surface area contributed by atoms with Crippen molar-refractivity contribution in [2.75, 3.05) is 19.8 Å². The van der Waals surface area contributed by atoms with Gasteiger partial charge in [0, 0.05) is 38.7 Å². The summed E-state index contributed by atoms with van der Waals surface area (Å²) in [4.78, 5) is 4.42. The van der Waals surface area contributed by atoms with Crippen LogP contribution in [0.3, 0.4) is 0 Å². The van der Waals surface area contributed by atoms with Gasteiger partial charge in [-0.25, -0.2) is 4.98 Å². The maximum atomic E-state index is 5.42. The highest BCUT2D eigenvalue weighted by Gasteiger charge is 2.26. The van der Waals surface area contributed by atoms with Crippen molar-refractivity contribution in [2.24, 2.45) is 5.41 Å². The van der Waals surface area contributed by atoms with Crippen LogP contribution in [0, 0.1) is 5.41 Å². The van der Waals surface area contributed by atoms with Crippen LogP contribution in [0.15, 0.2) is 12.4 Å². The summed E-state index contributed by atoms with van der Waals surface area (Å²) in [5, 5.41) is 3.56. The molecule has 1 fully saturated rings. The number of ether oxygens (including phenoxy) is 1. The van der Waals surface area contributed by atoms with Gasteiger partial charge >= 0.3 is 0 Å². The van der Waals surface area contributed by atoms with Crippen molar-refractivity contribution in [2.45, 2.75) is 46.2 Å². The zero-order chi connectivity index (χ0) is 12.8. The molecule has 1 aromatic rings. The molecular formula is C14H25N3O. The maximum absolute atomic E-state index is 5.42. The lowest BCUT2D eigenvalue weighted by Gasteiger charge is -2.33. The lowest BCUT2D eigenvalue weighted by molar-refractivity contribution is 0.0239. The zero-order valence-electron chi connectivity index (χ0n) is 11.6. The highest BCUT2D eigenvalue weighted by molar-refractivity contribution is 4.92. The molecule has 4 heteroatoms. The first-order valence-corrected chi connectivity index (χ1v) is 7.02. The van der Waals surface area contributed by atoms with Gasteiger partial charge in [0.25, 0.3) is 0 Å². The Labute approximate surface area is 110 Å². The highest BCUT2D eigenvalue weighted by Crippen LogP contribution is 2.28. The van der Waals surface area contributed by atoms with Crippen molar-refractivity contribution in [3.63, 3.8) is 0 Å². The van der Waals surface area contributed by atoms with Crippen molar-refractivity contribution in [3.05, 3.63) is 18.2 Å². The summed E-state index contributed by atoms with van der Waals surface area (Å²) in [6, 6.07) is 0. The zero-order valence-corrected chi connectivity index (χ0v) is 11.6. The number of rotatable bonds is 6. The molecule has 0 spiro atoms. The molecule has 102 valence electrons.